The fourth-order valence-corrected chi connectivity index (χ4v) is 5.24. The number of aryl methyl sites for hydroxylation is 1. The zero-order valence-electron chi connectivity index (χ0n) is 19.6. The maximum Gasteiger partial charge on any atom is 0.234 e. The predicted octanol–water partition coefficient (Wildman–Crippen LogP) is 2.98. The number of hydrogen-bond donors (Lipinski definition) is 1. The molecular formula is C24H38N6O2. The van der Waals surface area contributed by atoms with Gasteiger partial charge in [-0.25, -0.2) is 0 Å². The molecule has 2 aromatic heterocycles. The van der Waals surface area contributed by atoms with Crippen LogP contribution in [0, 0.1) is 0 Å². The first-order valence-electron chi connectivity index (χ1n) is 12.4. The summed E-state index contributed by atoms with van der Waals surface area (Å²) in [6, 6.07) is 3.96. The van der Waals surface area contributed by atoms with Crippen LogP contribution in [0.5, 0.6) is 0 Å². The van der Waals surface area contributed by atoms with Crippen LogP contribution in [0.1, 0.15) is 75.3 Å². The zero-order valence-corrected chi connectivity index (χ0v) is 19.6. The quantitative estimate of drug-likeness (QED) is 0.643. The number of piperidine rings is 1. The van der Waals surface area contributed by atoms with Crippen molar-refractivity contribution >= 4 is 5.91 Å². The molecule has 1 fully saturated rings. The Kier molecular flexibility index (Phi) is 7.97. The summed E-state index contributed by atoms with van der Waals surface area (Å²) in [5, 5.41) is 12.2. The van der Waals surface area contributed by atoms with Gasteiger partial charge in [0.2, 0.25) is 5.91 Å². The highest BCUT2D eigenvalue weighted by Gasteiger charge is 2.28. The second-order valence-electron chi connectivity index (χ2n) is 9.07. The third-order valence-corrected chi connectivity index (χ3v) is 6.99. The summed E-state index contributed by atoms with van der Waals surface area (Å²) >= 11 is 0. The van der Waals surface area contributed by atoms with Crippen molar-refractivity contribution in [1.82, 2.24) is 29.9 Å². The largest absolute Gasteiger partial charge is 0.468 e. The SMILES string of the molecule is CCN(CC)C(CNC(=O)CN1CCCC(c2nnc3n2CCCCC3)C1)c1ccco1. The van der Waals surface area contributed by atoms with Gasteiger partial charge in [-0.2, -0.15) is 0 Å². The van der Waals surface area contributed by atoms with Crippen molar-refractivity contribution in [1.29, 1.82) is 0 Å². The second kappa shape index (κ2) is 11.1. The number of carbonyl (C=O) groups is 1. The number of aromatic nitrogens is 3. The Bertz CT molecular complexity index is 845. The van der Waals surface area contributed by atoms with E-state index in [0.29, 0.717) is 19.0 Å². The maximum absolute atomic E-state index is 12.8. The van der Waals surface area contributed by atoms with Gasteiger partial charge in [0.05, 0.1) is 18.8 Å². The molecule has 0 radical (unpaired) electrons. The van der Waals surface area contributed by atoms with Crippen LogP contribution in [-0.2, 0) is 17.8 Å². The first-order chi connectivity index (χ1) is 15.7. The van der Waals surface area contributed by atoms with Crippen LogP contribution in [0.4, 0.5) is 0 Å². The molecule has 0 bridgehead atoms. The minimum atomic E-state index is 0.0597. The van der Waals surface area contributed by atoms with Crippen molar-refractivity contribution in [3.8, 4) is 0 Å². The monoisotopic (exact) mass is 442 g/mol. The molecular weight excluding hydrogens is 404 g/mol. The van der Waals surface area contributed by atoms with E-state index in [2.05, 4.69) is 43.7 Å². The lowest BCUT2D eigenvalue weighted by Gasteiger charge is -2.32. The first-order valence-corrected chi connectivity index (χ1v) is 12.4. The number of likely N-dealkylation sites (N-methyl/N-ethyl adjacent to an activating group) is 1. The molecule has 0 spiro atoms. The Morgan fingerprint density at radius 2 is 2.09 bits per heavy atom. The van der Waals surface area contributed by atoms with Crippen molar-refractivity contribution < 1.29 is 9.21 Å². The van der Waals surface area contributed by atoms with Crippen molar-refractivity contribution in [2.24, 2.45) is 0 Å². The zero-order chi connectivity index (χ0) is 22.3. The lowest BCUT2D eigenvalue weighted by molar-refractivity contribution is -0.122. The van der Waals surface area contributed by atoms with E-state index >= 15 is 0 Å². The fourth-order valence-electron chi connectivity index (χ4n) is 5.24. The molecule has 1 amide bonds. The smallest absolute Gasteiger partial charge is 0.234 e. The van der Waals surface area contributed by atoms with E-state index < -0.39 is 0 Å². The van der Waals surface area contributed by atoms with E-state index in [1.807, 2.05) is 12.1 Å². The number of hydrogen-bond acceptors (Lipinski definition) is 6. The molecule has 0 aromatic carbocycles. The highest BCUT2D eigenvalue weighted by atomic mass is 16.3. The normalized spacial score (nSPS) is 20.7. The van der Waals surface area contributed by atoms with Gasteiger partial charge in [-0.05, 0) is 57.5 Å². The molecule has 2 unspecified atom stereocenters. The van der Waals surface area contributed by atoms with Crippen LogP contribution in [0.3, 0.4) is 0 Å². The summed E-state index contributed by atoms with van der Waals surface area (Å²) in [5.41, 5.74) is 0. The summed E-state index contributed by atoms with van der Waals surface area (Å²) in [6.45, 7) is 9.96. The molecule has 4 rings (SSSR count). The van der Waals surface area contributed by atoms with E-state index in [0.717, 1.165) is 69.4 Å². The number of carbonyl (C=O) groups excluding carboxylic acids is 1. The molecule has 176 valence electrons. The van der Waals surface area contributed by atoms with Gasteiger partial charge >= 0.3 is 0 Å². The van der Waals surface area contributed by atoms with Gasteiger partial charge < -0.3 is 14.3 Å². The Morgan fingerprint density at radius 1 is 1.22 bits per heavy atom. The lowest BCUT2D eigenvalue weighted by Crippen LogP contribution is -2.44. The topological polar surface area (TPSA) is 79.4 Å². The van der Waals surface area contributed by atoms with E-state index in [1.165, 1.54) is 19.3 Å². The van der Waals surface area contributed by atoms with Crippen LogP contribution in [0.2, 0.25) is 0 Å². The Morgan fingerprint density at radius 3 is 2.88 bits per heavy atom. The summed E-state index contributed by atoms with van der Waals surface area (Å²) in [7, 11) is 0. The second-order valence-corrected chi connectivity index (χ2v) is 9.07. The van der Waals surface area contributed by atoms with E-state index in [-0.39, 0.29) is 11.9 Å². The Balaban J connectivity index is 1.33. The van der Waals surface area contributed by atoms with Crippen LogP contribution >= 0.6 is 0 Å². The van der Waals surface area contributed by atoms with E-state index in [9.17, 15) is 4.79 Å². The van der Waals surface area contributed by atoms with Crippen molar-refractivity contribution in [2.75, 3.05) is 39.3 Å². The van der Waals surface area contributed by atoms with E-state index in [4.69, 9.17) is 4.42 Å². The molecule has 8 nitrogen and oxygen atoms in total. The minimum Gasteiger partial charge on any atom is -0.468 e. The Hall–Kier alpha value is -2.19. The molecule has 0 saturated carbocycles. The molecule has 0 aliphatic carbocycles. The number of rotatable bonds is 9. The minimum absolute atomic E-state index is 0.0597. The molecule has 4 heterocycles. The van der Waals surface area contributed by atoms with Crippen molar-refractivity contribution in [3.63, 3.8) is 0 Å². The van der Waals surface area contributed by atoms with Crippen molar-refractivity contribution in [2.45, 2.75) is 70.9 Å². The van der Waals surface area contributed by atoms with Gasteiger partial charge in [-0.3, -0.25) is 14.6 Å². The third kappa shape index (κ3) is 5.41. The number of fused-ring (bicyclic) bond motifs is 1. The van der Waals surface area contributed by atoms with Gasteiger partial charge in [-0.1, -0.05) is 20.3 Å². The standard InChI is InChI=1S/C24H38N6O2/c1-3-29(4-2)20(21-11-9-15-32-21)16-25-23(31)18-28-13-8-10-19(17-28)24-27-26-22-12-6-5-7-14-30(22)24/h9,11,15,19-20H,3-8,10,12-14,16-18H2,1-2H3,(H,25,31). The molecule has 2 aliphatic heterocycles. The van der Waals surface area contributed by atoms with Crippen LogP contribution in [0.15, 0.2) is 22.8 Å². The van der Waals surface area contributed by atoms with Gasteiger partial charge in [0.1, 0.15) is 17.4 Å². The molecule has 8 heteroatoms. The summed E-state index contributed by atoms with van der Waals surface area (Å²) in [5.74, 6) is 3.62. The molecule has 2 aliphatic rings. The van der Waals surface area contributed by atoms with Crippen LogP contribution < -0.4 is 5.32 Å². The molecule has 1 N–H and O–H groups in total. The highest BCUT2D eigenvalue weighted by Crippen LogP contribution is 2.28. The maximum atomic E-state index is 12.8. The van der Waals surface area contributed by atoms with Crippen LogP contribution in [-0.4, -0.2) is 69.7 Å². The first kappa shape index (κ1) is 23.0. The number of likely N-dealkylation sites (tertiary alicyclic amines) is 1. The average Bonchev–Trinajstić information content (AvgIpc) is 3.42. The van der Waals surface area contributed by atoms with E-state index in [1.54, 1.807) is 6.26 Å². The van der Waals surface area contributed by atoms with Gasteiger partial charge in [0.15, 0.2) is 0 Å². The summed E-state index contributed by atoms with van der Waals surface area (Å²) in [6.07, 6.45) is 8.64. The molecule has 32 heavy (non-hydrogen) atoms. The lowest BCUT2D eigenvalue weighted by atomic mass is 9.97. The summed E-state index contributed by atoms with van der Waals surface area (Å²) < 4.78 is 8.01. The molecule has 2 aromatic rings. The highest BCUT2D eigenvalue weighted by molar-refractivity contribution is 5.78. The summed E-state index contributed by atoms with van der Waals surface area (Å²) in [4.78, 5) is 17.4. The fraction of sp³-hybridized carbons (Fsp3) is 0.708. The number of nitrogens with one attached hydrogen (secondary N) is 1. The van der Waals surface area contributed by atoms with Gasteiger partial charge in [0, 0.05) is 32.0 Å². The number of furan rings is 1. The molecule has 2 atom stereocenters. The number of amides is 1. The number of nitrogens with zero attached hydrogens (tertiary/aromatic N) is 5. The third-order valence-electron chi connectivity index (χ3n) is 6.99. The van der Waals surface area contributed by atoms with Gasteiger partial charge in [-0.15, -0.1) is 10.2 Å². The average molecular weight is 443 g/mol. The van der Waals surface area contributed by atoms with Gasteiger partial charge in [0.25, 0.3) is 0 Å². The molecule has 1 saturated heterocycles. The van der Waals surface area contributed by atoms with Crippen LogP contribution in [0.25, 0.3) is 0 Å². The Labute approximate surface area is 191 Å². The predicted molar refractivity (Wildman–Crippen MR) is 123 cm³/mol. The van der Waals surface area contributed by atoms with Crippen molar-refractivity contribution in [3.05, 3.63) is 35.8 Å².